The summed E-state index contributed by atoms with van der Waals surface area (Å²) in [5.41, 5.74) is 0. The zero-order valence-electron chi connectivity index (χ0n) is 14.9. The first-order chi connectivity index (χ1) is 11.8. The molecule has 2 atom stereocenters. The molecule has 3 aliphatic rings. The van der Waals surface area contributed by atoms with Gasteiger partial charge in [0.15, 0.2) is 0 Å². The van der Waals surface area contributed by atoms with Gasteiger partial charge in [0.2, 0.25) is 17.7 Å². The van der Waals surface area contributed by atoms with Gasteiger partial charge in [0.05, 0.1) is 0 Å². The van der Waals surface area contributed by atoms with Crippen LogP contribution in [0.4, 0.5) is 4.79 Å². The summed E-state index contributed by atoms with van der Waals surface area (Å²) >= 11 is 0. The van der Waals surface area contributed by atoms with Gasteiger partial charge < -0.3 is 14.7 Å². The van der Waals surface area contributed by atoms with Gasteiger partial charge in [0, 0.05) is 32.1 Å². The van der Waals surface area contributed by atoms with Crippen LogP contribution in [0.1, 0.15) is 33.1 Å². The number of fused-ring (bicyclic) bond motifs is 1. The molecule has 138 valence electrons. The molecule has 0 bridgehead atoms. The van der Waals surface area contributed by atoms with Crippen molar-refractivity contribution in [2.45, 2.75) is 39.2 Å². The highest BCUT2D eigenvalue weighted by atomic mass is 16.2. The molecule has 3 fully saturated rings. The largest absolute Gasteiger partial charge is 0.341 e. The molecule has 3 rings (SSSR count). The van der Waals surface area contributed by atoms with E-state index >= 15 is 0 Å². The fourth-order valence-corrected chi connectivity index (χ4v) is 4.08. The van der Waals surface area contributed by atoms with Crippen LogP contribution in [-0.4, -0.2) is 77.2 Å². The minimum atomic E-state index is -0.500. The Kier molecular flexibility index (Phi) is 4.96. The molecule has 0 unspecified atom stereocenters. The number of rotatable bonds is 4. The molecule has 3 saturated heterocycles. The van der Waals surface area contributed by atoms with E-state index < -0.39 is 6.03 Å². The first-order valence-corrected chi connectivity index (χ1v) is 9.01. The Hall–Kier alpha value is -2.12. The number of hydrogen-bond acceptors (Lipinski definition) is 4. The molecule has 25 heavy (non-hydrogen) atoms. The van der Waals surface area contributed by atoms with Crippen molar-refractivity contribution in [3.05, 3.63) is 0 Å². The molecule has 5 amide bonds. The number of piperidine rings is 2. The van der Waals surface area contributed by atoms with Crippen molar-refractivity contribution in [3.63, 3.8) is 0 Å². The van der Waals surface area contributed by atoms with Crippen molar-refractivity contribution in [1.29, 1.82) is 0 Å². The number of likely N-dealkylation sites (tertiary alicyclic amines) is 2. The monoisotopic (exact) mass is 350 g/mol. The Morgan fingerprint density at radius 1 is 1.24 bits per heavy atom. The quantitative estimate of drug-likeness (QED) is 0.725. The number of nitrogens with zero attached hydrogens (tertiary/aromatic N) is 3. The summed E-state index contributed by atoms with van der Waals surface area (Å²) in [7, 11) is 0. The number of hydrogen-bond donors (Lipinski definition) is 1. The SMILES string of the molecule is CC(C)CN1C(=O)CC[C@H]2CN(C(=O)CN3CC(=O)NC3=O)CC[C@H]21. The molecule has 3 heterocycles. The number of imide groups is 1. The third-order valence-electron chi connectivity index (χ3n) is 5.25. The molecule has 1 N–H and O–H groups in total. The summed E-state index contributed by atoms with van der Waals surface area (Å²) in [6.07, 6.45) is 2.13. The predicted octanol–water partition coefficient (Wildman–Crippen LogP) is 0.0337. The number of amides is 5. The summed E-state index contributed by atoms with van der Waals surface area (Å²) in [5.74, 6) is 0.445. The molecule has 0 aromatic rings. The van der Waals surface area contributed by atoms with E-state index in [2.05, 4.69) is 19.2 Å². The van der Waals surface area contributed by atoms with Crippen molar-refractivity contribution in [2.75, 3.05) is 32.7 Å². The molecule has 8 heteroatoms. The summed E-state index contributed by atoms with van der Waals surface area (Å²) in [5, 5.41) is 2.18. The lowest BCUT2D eigenvalue weighted by Gasteiger charge is -2.47. The smallest absolute Gasteiger partial charge is 0.325 e. The molecule has 0 aromatic carbocycles. The average Bonchev–Trinajstić information content (AvgIpc) is 2.86. The molecular formula is C17H26N4O4. The summed E-state index contributed by atoms with van der Waals surface area (Å²) < 4.78 is 0. The fraction of sp³-hybridized carbons (Fsp3) is 0.765. The van der Waals surface area contributed by atoms with Crippen LogP contribution >= 0.6 is 0 Å². The van der Waals surface area contributed by atoms with Gasteiger partial charge in [-0.2, -0.15) is 0 Å². The van der Waals surface area contributed by atoms with E-state index in [4.69, 9.17) is 0 Å². The topological polar surface area (TPSA) is 90.0 Å². The maximum atomic E-state index is 12.5. The van der Waals surface area contributed by atoms with Crippen LogP contribution in [0.5, 0.6) is 0 Å². The van der Waals surface area contributed by atoms with Gasteiger partial charge in [-0.1, -0.05) is 13.8 Å². The number of carbonyl (C=O) groups is 4. The van der Waals surface area contributed by atoms with Gasteiger partial charge >= 0.3 is 6.03 Å². The van der Waals surface area contributed by atoms with E-state index in [1.165, 1.54) is 4.90 Å². The fourth-order valence-electron chi connectivity index (χ4n) is 4.08. The van der Waals surface area contributed by atoms with E-state index in [1.54, 1.807) is 4.90 Å². The molecule has 0 spiro atoms. The second-order valence-electron chi connectivity index (χ2n) is 7.64. The normalized spacial score (nSPS) is 27.0. The van der Waals surface area contributed by atoms with Gasteiger partial charge in [-0.05, 0) is 24.7 Å². The highest BCUT2D eigenvalue weighted by molar-refractivity contribution is 6.03. The zero-order valence-corrected chi connectivity index (χ0v) is 14.9. The maximum absolute atomic E-state index is 12.5. The summed E-state index contributed by atoms with van der Waals surface area (Å²) in [4.78, 5) is 52.6. The third-order valence-corrected chi connectivity index (χ3v) is 5.25. The second-order valence-corrected chi connectivity index (χ2v) is 7.64. The number of urea groups is 1. The van der Waals surface area contributed by atoms with Crippen molar-refractivity contribution >= 4 is 23.8 Å². The minimum Gasteiger partial charge on any atom is -0.341 e. The Bertz CT molecular complexity index is 591. The van der Waals surface area contributed by atoms with Crippen LogP contribution in [0, 0.1) is 11.8 Å². The van der Waals surface area contributed by atoms with Gasteiger partial charge in [-0.3, -0.25) is 19.7 Å². The first-order valence-electron chi connectivity index (χ1n) is 9.01. The summed E-state index contributed by atoms with van der Waals surface area (Å²) in [6.45, 7) is 6.07. The highest BCUT2D eigenvalue weighted by Gasteiger charge is 2.41. The van der Waals surface area contributed by atoms with Gasteiger partial charge in [0.25, 0.3) is 0 Å². The van der Waals surface area contributed by atoms with Crippen molar-refractivity contribution in [3.8, 4) is 0 Å². The van der Waals surface area contributed by atoms with Crippen LogP contribution in [0.25, 0.3) is 0 Å². The van der Waals surface area contributed by atoms with E-state index in [-0.39, 0.29) is 36.9 Å². The number of nitrogens with one attached hydrogen (secondary N) is 1. The van der Waals surface area contributed by atoms with E-state index in [0.29, 0.717) is 31.3 Å². The Balaban J connectivity index is 1.59. The maximum Gasteiger partial charge on any atom is 0.325 e. The summed E-state index contributed by atoms with van der Waals surface area (Å²) in [6, 6.07) is -0.288. The highest BCUT2D eigenvalue weighted by Crippen LogP contribution is 2.32. The Labute approximate surface area is 147 Å². The standard InChI is InChI=1S/C17H26N4O4/c1-11(2)7-21-13-5-6-19(8-12(13)3-4-15(21)23)16(24)10-20-9-14(22)18-17(20)25/h11-13H,3-10H2,1-2H3,(H,18,22,25)/t12-,13+/m0/s1. The average molecular weight is 350 g/mol. The molecule has 0 aliphatic carbocycles. The second kappa shape index (κ2) is 7.01. The van der Waals surface area contributed by atoms with Crippen molar-refractivity contribution < 1.29 is 19.2 Å². The molecule has 0 aromatic heterocycles. The zero-order chi connectivity index (χ0) is 18.1. The first kappa shape index (κ1) is 17.7. The lowest BCUT2D eigenvalue weighted by molar-refractivity contribution is -0.145. The van der Waals surface area contributed by atoms with Crippen molar-refractivity contribution in [2.24, 2.45) is 11.8 Å². The van der Waals surface area contributed by atoms with Gasteiger partial charge in [-0.25, -0.2) is 4.79 Å². The van der Waals surface area contributed by atoms with Crippen molar-refractivity contribution in [1.82, 2.24) is 20.0 Å². The van der Waals surface area contributed by atoms with Crippen LogP contribution in [-0.2, 0) is 14.4 Å². The Morgan fingerprint density at radius 3 is 2.64 bits per heavy atom. The molecule has 3 aliphatic heterocycles. The van der Waals surface area contributed by atoms with E-state index in [0.717, 1.165) is 19.4 Å². The predicted molar refractivity (Wildman–Crippen MR) is 89.4 cm³/mol. The third kappa shape index (κ3) is 3.77. The van der Waals surface area contributed by atoms with E-state index in [9.17, 15) is 19.2 Å². The molecule has 8 nitrogen and oxygen atoms in total. The Morgan fingerprint density at radius 2 is 2.00 bits per heavy atom. The minimum absolute atomic E-state index is 0.0544. The molecule has 0 radical (unpaired) electrons. The van der Waals surface area contributed by atoms with Crippen LogP contribution < -0.4 is 5.32 Å². The lowest BCUT2D eigenvalue weighted by atomic mass is 9.83. The number of carbonyl (C=O) groups excluding carboxylic acids is 4. The van der Waals surface area contributed by atoms with E-state index in [1.807, 2.05) is 4.90 Å². The van der Waals surface area contributed by atoms with Crippen LogP contribution in [0.2, 0.25) is 0 Å². The molecular weight excluding hydrogens is 324 g/mol. The van der Waals surface area contributed by atoms with Crippen LogP contribution in [0.3, 0.4) is 0 Å². The molecule has 0 saturated carbocycles. The van der Waals surface area contributed by atoms with Gasteiger partial charge in [-0.15, -0.1) is 0 Å². The lowest BCUT2D eigenvalue weighted by Crippen LogP contribution is -2.58. The van der Waals surface area contributed by atoms with Gasteiger partial charge in [0.1, 0.15) is 13.1 Å². The van der Waals surface area contributed by atoms with Crippen LogP contribution in [0.15, 0.2) is 0 Å².